The number of aryl methyl sites for hydroxylation is 2. The van der Waals surface area contributed by atoms with Gasteiger partial charge in [0.15, 0.2) is 0 Å². The largest absolute Gasteiger partial charge is 0.390 e. The molecule has 2 aliphatic rings. The first-order chi connectivity index (χ1) is 16.7. The van der Waals surface area contributed by atoms with Gasteiger partial charge in [-0.15, -0.1) is 11.3 Å². The van der Waals surface area contributed by atoms with Gasteiger partial charge in [0.05, 0.1) is 33.4 Å². The molecule has 3 aromatic rings. The Kier molecular flexibility index (Phi) is 6.67. The molecule has 0 bridgehead atoms. The number of anilines is 2. The van der Waals surface area contributed by atoms with Crippen molar-refractivity contribution in [1.82, 2.24) is 19.9 Å². The van der Waals surface area contributed by atoms with Gasteiger partial charge in [0.1, 0.15) is 16.3 Å². The molecule has 3 N–H and O–H groups in total. The maximum absolute atomic E-state index is 10.5. The van der Waals surface area contributed by atoms with Gasteiger partial charge in [0.25, 0.3) is 0 Å². The van der Waals surface area contributed by atoms with E-state index >= 15 is 0 Å². The van der Waals surface area contributed by atoms with Crippen LogP contribution in [0, 0.1) is 25.7 Å². The second kappa shape index (κ2) is 9.59. The highest BCUT2D eigenvalue weighted by atomic mass is 32.1. The summed E-state index contributed by atoms with van der Waals surface area (Å²) in [6.45, 7) is 8.69. The molecule has 0 saturated heterocycles. The number of fused-ring (bicyclic) bond motifs is 1. The van der Waals surface area contributed by atoms with Crippen molar-refractivity contribution in [3.63, 3.8) is 0 Å². The van der Waals surface area contributed by atoms with Gasteiger partial charge in [-0.1, -0.05) is 0 Å². The number of ether oxygens (including phenoxy) is 1. The van der Waals surface area contributed by atoms with Crippen LogP contribution in [0.4, 0.5) is 11.8 Å². The third-order valence-electron chi connectivity index (χ3n) is 7.64. The van der Waals surface area contributed by atoms with Gasteiger partial charge in [-0.05, 0) is 77.7 Å². The van der Waals surface area contributed by atoms with E-state index in [1.807, 2.05) is 40.0 Å². The molecule has 2 fully saturated rings. The van der Waals surface area contributed by atoms with E-state index in [1.54, 1.807) is 18.4 Å². The minimum atomic E-state index is -0.673. The summed E-state index contributed by atoms with van der Waals surface area (Å²) in [4.78, 5) is 19.1. The van der Waals surface area contributed by atoms with Crippen LogP contribution < -0.4 is 10.6 Å². The number of hydrogen-bond acceptors (Lipinski definition) is 9. The molecule has 2 atom stereocenters. The van der Waals surface area contributed by atoms with Crippen molar-refractivity contribution >= 4 is 33.3 Å². The van der Waals surface area contributed by atoms with E-state index < -0.39 is 5.60 Å². The van der Waals surface area contributed by atoms with Crippen molar-refractivity contribution in [2.75, 3.05) is 24.3 Å². The molecule has 35 heavy (non-hydrogen) atoms. The normalized spacial score (nSPS) is 24.5. The molecule has 0 radical (unpaired) electrons. The van der Waals surface area contributed by atoms with Crippen molar-refractivity contribution in [2.24, 2.45) is 11.8 Å². The number of thiazole rings is 1. The molecule has 2 unspecified atom stereocenters. The van der Waals surface area contributed by atoms with E-state index in [0.717, 1.165) is 76.6 Å². The predicted octanol–water partition coefficient (Wildman–Crippen LogP) is 4.95. The minimum Gasteiger partial charge on any atom is -0.390 e. The SMILES string of the molecule is COC1CC(CNc2nc(C)c(-c3nc4c(C)nccc4s3)c(NC3CCC(C(C)(C)O)C3)n2)C1. The molecule has 188 valence electrons. The maximum atomic E-state index is 10.5. The van der Waals surface area contributed by atoms with Crippen molar-refractivity contribution in [3.05, 3.63) is 23.7 Å². The zero-order chi connectivity index (χ0) is 24.7. The number of methoxy groups -OCH3 is 1. The van der Waals surface area contributed by atoms with E-state index in [4.69, 9.17) is 19.7 Å². The van der Waals surface area contributed by atoms with Crippen molar-refractivity contribution in [1.29, 1.82) is 0 Å². The summed E-state index contributed by atoms with van der Waals surface area (Å²) in [6.07, 6.45) is 7.28. The molecule has 5 rings (SSSR count). The molecule has 9 heteroatoms. The number of pyridine rings is 1. The zero-order valence-corrected chi connectivity index (χ0v) is 22.1. The van der Waals surface area contributed by atoms with Crippen LogP contribution in [0.5, 0.6) is 0 Å². The van der Waals surface area contributed by atoms with Crippen molar-refractivity contribution in [2.45, 2.75) is 77.5 Å². The summed E-state index contributed by atoms with van der Waals surface area (Å²) in [5, 5.41) is 18.6. The van der Waals surface area contributed by atoms with E-state index in [1.165, 1.54) is 0 Å². The molecule has 0 aliphatic heterocycles. The summed E-state index contributed by atoms with van der Waals surface area (Å²) in [5.74, 6) is 2.31. The quantitative estimate of drug-likeness (QED) is 0.402. The van der Waals surface area contributed by atoms with E-state index in [9.17, 15) is 5.11 Å². The highest BCUT2D eigenvalue weighted by molar-refractivity contribution is 7.21. The Bertz CT molecular complexity index is 1200. The Morgan fingerprint density at radius 3 is 2.60 bits per heavy atom. The zero-order valence-electron chi connectivity index (χ0n) is 21.3. The summed E-state index contributed by atoms with van der Waals surface area (Å²) in [7, 11) is 1.78. The lowest BCUT2D eigenvalue weighted by atomic mass is 9.82. The number of hydrogen-bond donors (Lipinski definition) is 3. The number of aliphatic hydroxyl groups is 1. The van der Waals surface area contributed by atoms with Crippen LogP contribution in [0.2, 0.25) is 0 Å². The summed E-state index contributed by atoms with van der Waals surface area (Å²) >= 11 is 1.65. The Morgan fingerprint density at radius 2 is 1.91 bits per heavy atom. The molecular formula is C26H36N6O2S. The fourth-order valence-electron chi connectivity index (χ4n) is 5.32. The number of aromatic nitrogens is 4. The molecular weight excluding hydrogens is 460 g/mol. The summed E-state index contributed by atoms with van der Waals surface area (Å²) in [5.41, 5.74) is 3.03. The molecule has 2 saturated carbocycles. The van der Waals surface area contributed by atoms with E-state index in [2.05, 4.69) is 15.6 Å². The van der Waals surface area contributed by atoms with Gasteiger partial charge < -0.3 is 20.5 Å². The van der Waals surface area contributed by atoms with Crippen LogP contribution in [-0.2, 0) is 4.74 Å². The van der Waals surface area contributed by atoms with Gasteiger partial charge in [0.2, 0.25) is 5.95 Å². The monoisotopic (exact) mass is 496 g/mol. The van der Waals surface area contributed by atoms with E-state index in [0.29, 0.717) is 18.0 Å². The lowest BCUT2D eigenvalue weighted by Gasteiger charge is -2.34. The molecule has 2 aliphatic carbocycles. The van der Waals surface area contributed by atoms with Crippen molar-refractivity contribution in [3.8, 4) is 10.6 Å². The molecule has 3 aromatic heterocycles. The fraction of sp³-hybridized carbons (Fsp3) is 0.615. The standard InChI is InChI=1S/C26H36N6O2S/c1-14-21(24-31-22-15(2)27-9-8-20(22)35-24)23(30-18-7-6-17(12-18)26(3,4)33)32-25(29-14)28-13-16-10-19(11-16)34-5/h8-9,16-19,33H,6-7,10-13H2,1-5H3,(H2,28,29,30,32). The summed E-state index contributed by atoms with van der Waals surface area (Å²) in [6, 6.07) is 2.26. The molecule has 0 amide bonds. The Balaban J connectivity index is 1.44. The minimum absolute atomic E-state index is 0.249. The second-order valence-corrected chi connectivity index (χ2v) is 11.7. The number of nitrogens with zero attached hydrogens (tertiary/aromatic N) is 4. The second-order valence-electron chi connectivity index (χ2n) is 10.7. The molecule has 3 heterocycles. The van der Waals surface area contributed by atoms with Crippen molar-refractivity contribution < 1.29 is 9.84 Å². The van der Waals surface area contributed by atoms with E-state index in [-0.39, 0.29) is 12.0 Å². The average molecular weight is 497 g/mol. The van der Waals surface area contributed by atoms with Crippen LogP contribution in [0.1, 0.15) is 57.3 Å². The first-order valence-corrected chi connectivity index (χ1v) is 13.4. The average Bonchev–Trinajstić information content (AvgIpc) is 3.40. The number of nitrogens with one attached hydrogen (secondary N) is 2. The first-order valence-electron chi connectivity index (χ1n) is 12.6. The van der Waals surface area contributed by atoms with Crippen LogP contribution in [0.3, 0.4) is 0 Å². The Hall–Kier alpha value is -2.36. The first kappa shape index (κ1) is 24.3. The molecule has 8 nitrogen and oxygen atoms in total. The van der Waals surface area contributed by atoms with Gasteiger partial charge in [-0.3, -0.25) is 4.98 Å². The van der Waals surface area contributed by atoms with Gasteiger partial charge >= 0.3 is 0 Å². The Morgan fingerprint density at radius 1 is 1.11 bits per heavy atom. The Labute approximate surface area is 211 Å². The van der Waals surface area contributed by atoms with Gasteiger partial charge in [-0.2, -0.15) is 4.98 Å². The molecule has 0 aromatic carbocycles. The topological polar surface area (TPSA) is 105 Å². The van der Waals surface area contributed by atoms with Crippen LogP contribution in [0.15, 0.2) is 12.3 Å². The lowest BCUT2D eigenvalue weighted by molar-refractivity contribution is 0.00558. The highest BCUT2D eigenvalue weighted by Crippen LogP contribution is 2.40. The van der Waals surface area contributed by atoms with Crippen LogP contribution in [0.25, 0.3) is 20.8 Å². The molecule has 0 spiro atoms. The van der Waals surface area contributed by atoms with Crippen LogP contribution >= 0.6 is 11.3 Å². The van der Waals surface area contributed by atoms with Gasteiger partial charge in [-0.25, -0.2) is 9.97 Å². The maximum Gasteiger partial charge on any atom is 0.224 e. The lowest BCUT2D eigenvalue weighted by Crippen LogP contribution is -2.35. The predicted molar refractivity (Wildman–Crippen MR) is 141 cm³/mol. The number of rotatable bonds is 8. The van der Waals surface area contributed by atoms with Gasteiger partial charge in [0, 0.05) is 25.9 Å². The smallest absolute Gasteiger partial charge is 0.224 e. The highest BCUT2D eigenvalue weighted by Gasteiger charge is 2.35. The third-order valence-corrected chi connectivity index (χ3v) is 8.68. The van der Waals surface area contributed by atoms with Crippen LogP contribution in [-0.4, -0.2) is 56.4 Å². The fourth-order valence-corrected chi connectivity index (χ4v) is 6.43. The third kappa shape index (κ3) is 5.13. The summed E-state index contributed by atoms with van der Waals surface area (Å²) < 4.78 is 6.53.